The van der Waals surface area contributed by atoms with Crippen molar-refractivity contribution in [3.8, 4) is 0 Å². The minimum absolute atomic E-state index is 0.108. The van der Waals surface area contributed by atoms with E-state index in [-0.39, 0.29) is 17.5 Å². The molecule has 0 spiro atoms. The van der Waals surface area contributed by atoms with Crippen LogP contribution in [0.2, 0.25) is 0 Å². The number of hydrogen-bond donors (Lipinski definition) is 1. The van der Waals surface area contributed by atoms with Gasteiger partial charge in [-0.15, -0.1) is 0 Å². The first kappa shape index (κ1) is 17.1. The maximum absolute atomic E-state index is 13.4. The van der Waals surface area contributed by atoms with Crippen LogP contribution in [-0.2, 0) is 6.42 Å². The molecule has 3 heterocycles. The van der Waals surface area contributed by atoms with E-state index in [1.165, 1.54) is 23.3 Å². The lowest BCUT2D eigenvalue weighted by Gasteiger charge is -2.44. The van der Waals surface area contributed by atoms with Crippen LogP contribution in [-0.4, -0.2) is 46.9 Å². The average Bonchev–Trinajstić information content (AvgIpc) is 2.72. The third-order valence-electron chi connectivity index (χ3n) is 5.90. The molecule has 0 saturated carbocycles. The minimum Gasteiger partial charge on any atom is -0.335 e. The number of aromatic nitrogens is 1. The fourth-order valence-corrected chi connectivity index (χ4v) is 4.42. The van der Waals surface area contributed by atoms with Crippen LogP contribution >= 0.6 is 0 Å². The molecular formula is C22H20FN3O2. The average molecular weight is 377 g/mol. The molecule has 142 valence electrons. The topological polar surface area (TPSA) is 56.4 Å². The second-order valence-electron chi connectivity index (χ2n) is 7.50. The smallest absolute Gasteiger partial charge is 0.261 e. The van der Waals surface area contributed by atoms with E-state index >= 15 is 0 Å². The molecule has 1 amide bonds. The van der Waals surface area contributed by atoms with Crippen molar-refractivity contribution in [2.75, 3.05) is 26.2 Å². The summed E-state index contributed by atoms with van der Waals surface area (Å²) in [4.78, 5) is 32.4. The zero-order valence-electron chi connectivity index (χ0n) is 15.3. The van der Waals surface area contributed by atoms with Gasteiger partial charge in [0.05, 0.1) is 11.6 Å². The first-order valence-corrected chi connectivity index (χ1v) is 9.54. The zero-order valence-corrected chi connectivity index (χ0v) is 15.3. The van der Waals surface area contributed by atoms with Crippen molar-refractivity contribution in [1.82, 2.24) is 14.8 Å². The van der Waals surface area contributed by atoms with E-state index < -0.39 is 11.4 Å². The molecule has 0 radical (unpaired) electrons. The van der Waals surface area contributed by atoms with Gasteiger partial charge in [-0.3, -0.25) is 14.5 Å². The van der Waals surface area contributed by atoms with Gasteiger partial charge in [0.15, 0.2) is 0 Å². The van der Waals surface area contributed by atoms with Crippen molar-refractivity contribution in [2.45, 2.75) is 12.5 Å². The number of carbonyl (C=O) groups is 1. The van der Waals surface area contributed by atoms with Crippen molar-refractivity contribution in [3.63, 3.8) is 0 Å². The summed E-state index contributed by atoms with van der Waals surface area (Å²) >= 11 is 0. The van der Waals surface area contributed by atoms with Crippen LogP contribution in [0.3, 0.4) is 0 Å². The van der Waals surface area contributed by atoms with Crippen LogP contribution in [0.4, 0.5) is 4.39 Å². The van der Waals surface area contributed by atoms with Crippen LogP contribution < -0.4 is 5.56 Å². The van der Waals surface area contributed by atoms with E-state index in [9.17, 15) is 14.0 Å². The summed E-state index contributed by atoms with van der Waals surface area (Å²) in [6, 6.07) is 14.3. The highest BCUT2D eigenvalue weighted by Gasteiger charge is 2.34. The molecule has 1 unspecified atom stereocenters. The highest BCUT2D eigenvalue weighted by atomic mass is 19.1. The van der Waals surface area contributed by atoms with Gasteiger partial charge in [-0.25, -0.2) is 4.39 Å². The molecule has 2 aromatic carbocycles. The van der Waals surface area contributed by atoms with Gasteiger partial charge in [-0.05, 0) is 47.2 Å². The highest BCUT2D eigenvalue weighted by Crippen LogP contribution is 2.32. The molecule has 1 N–H and O–H groups in total. The molecule has 3 aromatic rings. The van der Waals surface area contributed by atoms with Crippen LogP contribution in [0, 0.1) is 5.82 Å². The highest BCUT2D eigenvalue weighted by molar-refractivity contribution is 5.97. The molecule has 1 saturated heterocycles. The number of carbonyl (C=O) groups excluding carboxylic acids is 1. The molecule has 5 rings (SSSR count). The molecule has 2 aliphatic rings. The zero-order chi connectivity index (χ0) is 19.3. The van der Waals surface area contributed by atoms with Crippen LogP contribution in [0.25, 0.3) is 10.9 Å². The first-order chi connectivity index (χ1) is 13.6. The Balaban J connectivity index is 1.47. The summed E-state index contributed by atoms with van der Waals surface area (Å²) in [5, 5.41) is 0.644. The van der Waals surface area contributed by atoms with Gasteiger partial charge in [0.25, 0.3) is 11.5 Å². The third kappa shape index (κ3) is 2.81. The number of hydrogen-bond acceptors (Lipinski definition) is 3. The van der Waals surface area contributed by atoms with Crippen molar-refractivity contribution in [1.29, 1.82) is 0 Å². The van der Waals surface area contributed by atoms with Gasteiger partial charge in [0.1, 0.15) is 11.4 Å². The van der Waals surface area contributed by atoms with E-state index in [2.05, 4.69) is 28.1 Å². The number of benzene rings is 2. The van der Waals surface area contributed by atoms with Gasteiger partial charge in [-0.2, -0.15) is 0 Å². The number of nitrogens with one attached hydrogen (secondary N) is 1. The second-order valence-corrected chi connectivity index (χ2v) is 7.50. The third-order valence-corrected chi connectivity index (χ3v) is 5.90. The molecule has 5 nitrogen and oxygen atoms in total. The molecule has 0 aliphatic carbocycles. The molecule has 0 bridgehead atoms. The van der Waals surface area contributed by atoms with Gasteiger partial charge in [0, 0.05) is 26.2 Å². The van der Waals surface area contributed by atoms with Crippen molar-refractivity contribution < 1.29 is 9.18 Å². The summed E-state index contributed by atoms with van der Waals surface area (Å²) in [6.45, 7) is 2.95. The number of halogens is 1. The lowest BCUT2D eigenvalue weighted by Crippen LogP contribution is -2.53. The first-order valence-electron chi connectivity index (χ1n) is 9.54. The Labute approximate surface area is 161 Å². The summed E-state index contributed by atoms with van der Waals surface area (Å²) < 4.78 is 13.4. The van der Waals surface area contributed by atoms with Gasteiger partial charge < -0.3 is 9.88 Å². The molecular weight excluding hydrogens is 357 g/mol. The predicted molar refractivity (Wildman–Crippen MR) is 105 cm³/mol. The standard InChI is InChI=1S/C22H20FN3O2/c23-16-6-5-15-11-18(21(27)24-19(15)12-16)22(28)26-10-9-25-8-7-14-3-1-2-4-17(14)20(25)13-26/h1-6,11-12,20H,7-10,13H2,(H,24,27). The summed E-state index contributed by atoms with van der Waals surface area (Å²) in [5.74, 6) is -0.690. The van der Waals surface area contributed by atoms with Crippen molar-refractivity contribution in [2.24, 2.45) is 0 Å². The SMILES string of the molecule is O=C(c1cc2ccc(F)cc2[nH]c1=O)N1CCN2CCc3ccccc3C2C1. The number of H-pyrrole nitrogens is 1. The largest absolute Gasteiger partial charge is 0.335 e. The van der Waals surface area contributed by atoms with Crippen LogP contribution in [0.5, 0.6) is 0 Å². The molecule has 1 atom stereocenters. The Morgan fingerprint density at radius 1 is 1.07 bits per heavy atom. The van der Waals surface area contributed by atoms with Crippen molar-refractivity contribution >= 4 is 16.8 Å². The normalized spacial score (nSPS) is 19.3. The van der Waals surface area contributed by atoms with Crippen molar-refractivity contribution in [3.05, 3.63) is 81.4 Å². The van der Waals surface area contributed by atoms with E-state index in [1.54, 1.807) is 17.0 Å². The van der Waals surface area contributed by atoms with E-state index in [0.29, 0.717) is 24.0 Å². The summed E-state index contributed by atoms with van der Waals surface area (Å²) in [6.07, 6.45) is 1.03. The Morgan fingerprint density at radius 3 is 2.82 bits per heavy atom. The minimum atomic E-state index is -0.477. The van der Waals surface area contributed by atoms with E-state index in [0.717, 1.165) is 19.5 Å². The maximum atomic E-state index is 13.4. The molecule has 1 fully saturated rings. The molecule has 6 heteroatoms. The number of pyridine rings is 1. The number of piperazine rings is 1. The number of aromatic amines is 1. The van der Waals surface area contributed by atoms with Crippen LogP contribution in [0.15, 0.2) is 53.3 Å². The predicted octanol–water partition coefficient (Wildman–Crippen LogP) is 2.72. The Bertz CT molecular complexity index is 1140. The van der Waals surface area contributed by atoms with E-state index in [1.807, 2.05) is 6.07 Å². The fraction of sp³-hybridized carbons (Fsp3) is 0.273. The number of rotatable bonds is 1. The van der Waals surface area contributed by atoms with Gasteiger partial charge in [0.2, 0.25) is 0 Å². The Hall–Kier alpha value is -2.99. The maximum Gasteiger partial charge on any atom is 0.261 e. The number of fused-ring (bicyclic) bond motifs is 4. The van der Waals surface area contributed by atoms with Gasteiger partial charge >= 0.3 is 0 Å². The lowest BCUT2D eigenvalue weighted by atomic mass is 9.91. The Morgan fingerprint density at radius 2 is 1.93 bits per heavy atom. The van der Waals surface area contributed by atoms with E-state index in [4.69, 9.17) is 0 Å². The monoisotopic (exact) mass is 377 g/mol. The number of amides is 1. The Kier molecular flexibility index (Phi) is 4.02. The second kappa shape index (κ2) is 6.56. The fourth-order valence-electron chi connectivity index (χ4n) is 4.42. The quantitative estimate of drug-likeness (QED) is 0.710. The summed E-state index contributed by atoms with van der Waals surface area (Å²) in [7, 11) is 0. The number of nitrogens with zero attached hydrogens (tertiary/aromatic N) is 2. The lowest BCUT2D eigenvalue weighted by molar-refractivity contribution is 0.0452. The molecule has 1 aromatic heterocycles. The molecule has 2 aliphatic heterocycles. The molecule has 28 heavy (non-hydrogen) atoms. The van der Waals surface area contributed by atoms with Gasteiger partial charge in [-0.1, -0.05) is 24.3 Å². The van der Waals surface area contributed by atoms with Crippen LogP contribution in [0.1, 0.15) is 27.5 Å². The summed E-state index contributed by atoms with van der Waals surface area (Å²) in [5.41, 5.74) is 2.64.